The van der Waals surface area contributed by atoms with Crippen molar-refractivity contribution in [2.75, 3.05) is 11.5 Å². The first-order chi connectivity index (χ1) is 18.1. The first kappa shape index (κ1) is 25.3. The number of para-hydroxylation sites is 1. The van der Waals surface area contributed by atoms with Crippen molar-refractivity contribution in [2.24, 2.45) is 0 Å². The van der Waals surface area contributed by atoms with E-state index in [1.807, 2.05) is 80.7 Å². The van der Waals surface area contributed by atoms with Gasteiger partial charge in [-0.1, -0.05) is 51.1 Å². The van der Waals surface area contributed by atoms with Crippen molar-refractivity contribution in [3.8, 4) is 5.75 Å². The summed E-state index contributed by atoms with van der Waals surface area (Å²) in [6, 6.07) is 19.8. The van der Waals surface area contributed by atoms with Gasteiger partial charge < -0.3 is 14.8 Å². The Kier molecular flexibility index (Phi) is 6.35. The molecule has 0 spiro atoms. The number of rotatable bonds is 5. The number of Topliss-reactive ketones (excluding diaryl/α,β-unsaturated/α-hetero) is 1. The number of nitrogens with one attached hydrogen (secondary N) is 1. The Balaban J connectivity index is 1.76. The highest BCUT2D eigenvalue weighted by molar-refractivity contribution is 6.51. The largest absolute Gasteiger partial charge is 0.507 e. The fourth-order valence-electron chi connectivity index (χ4n) is 5.19. The van der Waals surface area contributed by atoms with Crippen LogP contribution in [0.5, 0.6) is 5.75 Å². The monoisotopic (exact) mass is 508 g/mol. The smallest absolute Gasteiger partial charge is 0.300 e. The van der Waals surface area contributed by atoms with Gasteiger partial charge in [-0.15, -0.1) is 0 Å². The molecule has 1 aliphatic heterocycles. The Morgan fingerprint density at radius 3 is 2.50 bits per heavy atom. The number of fused-ring (bicyclic) bond motifs is 1. The number of ether oxygens (including phenoxy) is 1. The number of aromatic nitrogens is 1. The van der Waals surface area contributed by atoms with Crippen molar-refractivity contribution in [3.05, 3.63) is 101 Å². The van der Waals surface area contributed by atoms with Gasteiger partial charge in [0, 0.05) is 39.5 Å². The molecule has 4 aromatic rings. The highest BCUT2D eigenvalue weighted by Gasteiger charge is 2.47. The van der Waals surface area contributed by atoms with E-state index < -0.39 is 17.7 Å². The second kappa shape index (κ2) is 9.53. The summed E-state index contributed by atoms with van der Waals surface area (Å²) in [7, 11) is 0. The van der Waals surface area contributed by atoms with Crippen LogP contribution < -0.4 is 9.64 Å². The van der Waals surface area contributed by atoms with Gasteiger partial charge in [-0.2, -0.15) is 0 Å². The zero-order valence-electron chi connectivity index (χ0n) is 22.3. The number of carbonyl (C=O) groups is 2. The second-order valence-corrected chi connectivity index (χ2v) is 10.7. The van der Waals surface area contributed by atoms with Crippen molar-refractivity contribution in [1.29, 1.82) is 0 Å². The van der Waals surface area contributed by atoms with Crippen LogP contribution in [0.15, 0.2) is 78.5 Å². The molecule has 1 unspecified atom stereocenters. The predicted molar refractivity (Wildman–Crippen MR) is 151 cm³/mol. The SMILES string of the molecule is CCOc1ccc(/C(O)=C2\C(=O)C(=O)N(c3cccc(C)c3)C2c2c[nH]c3ccccc23)cc1C(C)(C)C. The molecule has 0 radical (unpaired) electrons. The van der Waals surface area contributed by atoms with E-state index in [0.717, 1.165) is 33.3 Å². The molecule has 1 aliphatic rings. The molecule has 6 heteroatoms. The zero-order valence-corrected chi connectivity index (χ0v) is 22.3. The van der Waals surface area contributed by atoms with Gasteiger partial charge in [-0.25, -0.2) is 0 Å². The van der Waals surface area contributed by atoms with Crippen molar-refractivity contribution in [1.82, 2.24) is 4.98 Å². The Morgan fingerprint density at radius 1 is 1.03 bits per heavy atom. The van der Waals surface area contributed by atoms with E-state index >= 15 is 0 Å². The number of ketones is 1. The lowest BCUT2D eigenvalue weighted by Crippen LogP contribution is -2.29. The quantitative estimate of drug-likeness (QED) is 0.176. The molecule has 5 rings (SSSR count). The number of nitrogens with zero attached hydrogens (tertiary/aromatic N) is 1. The van der Waals surface area contributed by atoms with Gasteiger partial charge in [0.25, 0.3) is 11.7 Å². The highest BCUT2D eigenvalue weighted by Crippen LogP contribution is 2.45. The number of H-pyrrole nitrogens is 1. The molecule has 1 saturated heterocycles. The highest BCUT2D eigenvalue weighted by atomic mass is 16.5. The number of benzene rings is 3. The molecule has 1 atom stereocenters. The number of hydrogen-bond acceptors (Lipinski definition) is 4. The predicted octanol–water partition coefficient (Wildman–Crippen LogP) is 6.80. The van der Waals surface area contributed by atoms with Crippen LogP contribution in [0.3, 0.4) is 0 Å². The second-order valence-electron chi connectivity index (χ2n) is 10.7. The van der Waals surface area contributed by atoms with Gasteiger partial charge in [0.2, 0.25) is 0 Å². The molecule has 3 aromatic carbocycles. The van der Waals surface area contributed by atoms with Crippen molar-refractivity contribution in [3.63, 3.8) is 0 Å². The molecule has 38 heavy (non-hydrogen) atoms. The minimum Gasteiger partial charge on any atom is -0.507 e. The lowest BCUT2D eigenvalue weighted by Gasteiger charge is -2.26. The van der Waals surface area contributed by atoms with E-state index in [9.17, 15) is 14.7 Å². The Hall–Kier alpha value is -4.32. The summed E-state index contributed by atoms with van der Waals surface area (Å²) in [6.07, 6.45) is 1.82. The van der Waals surface area contributed by atoms with Crippen LogP contribution in [-0.4, -0.2) is 28.4 Å². The normalized spacial score (nSPS) is 17.4. The van der Waals surface area contributed by atoms with Crippen molar-refractivity contribution >= 4 is 34.0 Å². The maximum Gasteiger partial charge on any atom is 0.300 e. The topological polar surface area (TPSA) is 82.6 Å². The fourth-order valence-corrected chi connectivity index (χ4v) is 5.19. The summed E-state index contributed by atoms with van der Waals surface area (Å²) >= 11 is 0. The maximum absolute atomic E-state index is 13.6. The number of aromatic amines is 1. The molecule has 1 amide bonds. The van der Waals surface area contributed by atoms with Crippen LogP contribution >= 0.6 is 0 Å². The Morgan fingerprint density at radius 2 is 1.79 bits per heavy atom. The number of aryl methyl sites for hydroxylation is 1. The first-order valence-corrected chi connectivity index (χ1v) is 12.8. The molecule has 0 saturated carbocycles. The average molecular weight is 509 g/mol. The Labute approximate surface area is 222 Å². The third kappa shape index (κ3) is 4.26. The standard InChI is InChI=1S/C32H32N2O4/c1-6-38-26-15-14-20(17-24(26)32(3,4)5)29(35)27-28(23-18-33-25-13-8-7-12-22(23)25)34(31(37)30(27)36)21-11-9-10-19(2)16-21/h7-18,28,33,35H,6H2,1-5H3/b29-27+. The first-order valence-electron chi connectivity index (χ1n) is 12.8. The molecule has 1 fully saturated rings. The third-order valence-electron chi connectivity index (χ3n) is 7.00. The average Bonchev–Trinajstić information content (AvgIpc) is 3.42. The summed E-state index contributed by atoms with van der Waals surface area (Å²) in [5, 5.41) is 12.6. The van der Waals surface area contributed by atoms with Crippen molar-refractivity contribution in [2.45, 2.75) is 46.1 Å². The summed E-state index contributed by atoms with van der Waals surface area (Å²) in [5.74, 6) is -0.868. The lowest BCUT2D eigenvalue weighted by atomic mass is 9.84. The number of aliphatic hydroxyl groups excluding tert-OH is 1. The number of carbonyl (C=O) groups excluding carboxylic acids is 2. The van der Waals surface area contributed by atoms with Crippen LogP contribution in [0.2, 0.25) is 0 Å². The number of anilines is 1. The molecular weight excluding hydrogens is 476 g/mol. The summed E-state index contributed by atoms with van der Waals surface area (Å²) in [4.78, 5) is 32.0. The van der Waals surface area contributed by atoms with E-state index in [-0.39, 0.29) is 16.7 Å². The molecule has 0 bridgehead atoms. The zero-order chi connectivity index (χ0) is 27.2. The van der Waals surface area contributed by atoms with Crippen LogP contribution in [-0.2, 0) is 15.0 Å². The van der Waals surface area contributed by atoms with Crippen LogP contribution in [0, 0.1) is 6.92 Å². The number of aliphatic hydroxyl groups is 1. The maximum atomic E-state index is 13.6. The molecule has 6 nitrogen and oxygen atoms in total. The van der Waals surface area contributed by atoms with Crippen molar-refractivity contribution < 1.29 is 19.4 Å². The third-order valence-corrected chi connectivity index (χ3v) is 7.00. The minimum atomic E-state index is -0.808. The minimum absolute atomic E-state index is 0.0604. The van der Waals surface area contributed by atoms with Gasteiger partial charge in [-0.05, 0) is 61.2 Å². The number of hydrogen-bond donors (Lipinski definition) is 2. The summed E-state index contributed by atoms with van der Waals surface area (Å²) in [6.45, 7) is 10.6. The van der Waals surface area contributed by atoms with E-state index in [2.05, 4.69) is 25.8 Å². The van der Waals surface area contributed by atoms with Gasteiger partial charge in [0.15, 0.2) is 0 Å². The molecule has 1 aromatic heterocycles. The molecular formula is C32H32N2O4. The number of amides is 1. The summed E-state index contributed by atoms with van der Waals surface area (Å²) in [5.41, 5.74) is 4.34. The molecule has 194 valence electrons. The Bertz CT molecular complexity index is 1590. The molecule has 2 heterocycles. The van der Waals surface area contributed by atoms with Gasteiger partial charge in [0.05, 0.1) is 18.2 Å². The van der Waals surface area contributed by atoms with Crippen LogP contribution in [0.4, 0.5) is 5.69 Å². The summed E-state index contributed by atoms with van der Waals surface area (Å²) < 4.78 is 5.85. The van der Waals surface area contributed by atoms with Gasteiger partial charge in [-0.3, -0.25) is 14.5 Å². The molecule has 0 aliphatic carbocycles. The van der Waals surface area contributed by atoms with Crippen LogP contribution in [0.1, 0.15) is 56.0 Å². The van der Waals surface area contributed by atoms with E-state index in [1.165, 1.54) is 4.90 Å². The lowest BCUT2D eigenvalue weighted by molar-refractivity contribution is -0.132. The molecule has 2 N–H and O–H groups in total. The van der Waals surface area contributed by atoms with E-state index in [4.69, 9.17) is 4.74 Å². The van der Waals surface area contributed by atoms with Crippen LogP contribution in [0.25, 0.3) is 16.7 Å². The van der Waals surface area contributed by atoms with E-state index in [1.54, 1.807) is 6.07 Å². The van der Waals surface area contributed by atoms with Gasteiger partial charge in [0.1, 0.15) is 11.5 Å². The van der Waals surface area contributed by atoms with Gasteiger partial charge >= 0.3 is 0 Å². The fraction of sp³-hybridized carbons (Fsp3) is 0.250. The van der Waals surface area contributed by atoms with E-state index in [0.29, 0.717) is 17.9 Å².